The molecule has 72 valence electrons. The van der Waals surface area contributed by atoms with Crippen LogP contribution in [0.15, 0.2) is 0 Å². The van der Waals surface area contributed by atoms with Gasteiger partial charge in [-0.1, -0.05) is 13.8 Å². The van der Waals surface area contributed by atoms with Crippen LogP contribution in [-0.2, 0) is 9.47 Å². The van der Waals surface area contributed by atoms with Crippen LogP contribution in [0.3, 0.4) is 0 Å². The maximum Gasteiger partial charge on any atom is 0.168 e. The van der Waals surface area contributed by atoms with E-state index in [1.807, 2.05) is 6.92 Å². The molecule has 0 unspecified atom stereocenters. The molecule has 0 saturated carbocycles. The molecule has 1 aliphatic heterocycles. The van der Waals surface area contributed by atoms with Crippen molar-refractivity contribution >= 4 is 0 Å². The van der Waals surface area contributed by atoms with Gasteiger partial charge in [-0.2, -0.15) is 0 Å². The van der Waals surface area contributed by atoms with Crippen LogP contribution in [0.1, 0.15) is 33.6 Å². The first-order chi connectivity index (χ1) is 5.60. The highest BCUT2D eigenvalue weighted by atomic mass is 16.8. The lowest BCUT2D eigenvalue weighted by Gasteiger charge is -2.28. The highest BCUT2D eigenvalue weighted by Gasteiger charge is 2.44. The zero-order valence-electron chi connectivity index (χ0n) is 8.22. The van der Waals surface area contributed by atoms with Crippen molar-refractivity contribution in [1.82, 2.24) is 0 Å². The Labute approximate surface area is 74.2 Å². The molecule has 1 heterocycles. The molecular formula is C9H19NO2. The fourth-order valence-electron chi connectivity index (χ4n) is 1.49. The van der Waals surface area contributed by atoms with Crippen molar-refractivity contribution in [3.8, 4) is 0 Å². The van der Waals surface area contributed by atoms with Gasteiger partial charge in [-0.25, -0.2) is 0 Å². The molecule has 0 aromatic rings. The van der Waals surface area contributed by atoms with Gasteiger partial charge in [0.05, 0.1) is 6.61 Å². The van der Waals surface area contributed by atoms with Crippen LogP contribution in [0.2, 0.25) is 0 Å². The van der Waals surface area contributed by atoms with Gasteiger partial charge in [-0.15, -0.1) is 0 Å². The van der Waals surface area contributed by atoms with E-state index < -0.39 is 0 Å². The molecule has 1 atom stereocenters. The summed E-state index contributed by atoms with van der Waals surface area (Å²) in [5.41, 5.74) is 5.32. The lowest BCUT2D eigenvalue weighted by molar-refractivity contribution is -0.186. The SMILES string of the molecule is CCC1(CC)OC[C@@](C)(CN)O1. The maximum atomic E-state index is 5.84. The van der Waals surface area contributed by atoms with Crippen LogP contribution in [0, 0.1) is 0 Å². The van der Waals surface area contributed by atoms with E-state index in [4.69, 9.17) is 15.2 Å². The molecule has 0 aromatic heterocycles. The molecule has 1 fully saturated rings. The second-order valence-electron chi connectivity index (χ2n) is 3.66. The Bertz CT molecular complexity index is 157. The van der Waals surface area contributed by atoms with E-state index >= 15 is 0 Å². The van der Waals surface area contributed by atoms with Gasteiger partial charge in [-0.05, 0) is 19.8 Å². The van der Waals surface area contributed by atoms with Gasteiger partial charge < -0.3 is 15.2 Å². The third-order valence-corrected chi connectivity index (χ3v) is 2.58. The molecule has 1 rings (SSSR count). The number of hydrogen-bond donors (Lipinski definition) is 1. The van der Waals surface area contributed by atoms with E-state index in [0.29, 0.717) is 13.2 Å². The van der Waals surface area contributed by atoms with Gasteiger partial charge in [0.1, 0.15) is 5.60 Å². The minimum Gasteiger partial charge on any atom is -0.347 e. The summed E-state index contributed by atoms with van der Waals surface area (Å²) in [4.78, 5) is 0. The number of rotatable bonds is 3. The molecule has 3 heteroatoms. The first kappa shape index (κ1) is 9.96. The van der Waals surface area contributed by atoms with Gasteiger partial charge in [0.15, 0.2) is 5.79 Å². The van der Waals surface area contributed by atoms with Gasteiger partial charge >= 0.3 is 0 Å². The van der Waals surface area contributed by atoms with Crippen LogP contribution in [-0.4, -0.2) is 24.5 Å². The Kier molecular flexibility index (Phi) is 2.76. The zero-order valence-corrected chi connectivity index (χ0v) is 8.22. The first-order valence-corrected chi connectivity index (χ1v) is 4.64. The summed E-state index contributed by atoms with van der Waals surface area (Å²) >= 11 is 0. The average molecular weight is 173 g/mol. The van der Waals surface area contributed by atoms with Gasteiger partial charge in [0, 0.05) is 6.54 Å². The fourth-order valence-corrected chi connectivity index (χ4v) is 1.49. The average Bonchev–Trinajstić information content (AvgIpc) is 2.46. The minimum atomic E-state index is -0.367. The maximum absolute atomic E-state index is 5.84. The van der Waals surface area contributed by atoms with Crippen LogP contribution in [0.5, 0.6) is 0 Å². The Morgan fingerprint density at radius 3 is 2.17 bits per heavy atom. The first-order valence-electron chi connectivity index (χ1n) is 4.64. The lowest BCUT2D eigenvalue weighted by Crippen LogP contribution is -2.39. The predicted octanol–water partition coefficient (Wildman–Crippen LogP) is 1.27. The third-order valence-electron chi connectivity index (χ3n) is 2.58. The summed E-state index contributed by atoms with van der Waals surface area (Å²) in [6.45, 7) is 7.29. The Morgan fingerprint density at radius 2 is 1.92 bits per heavy atom. The summed E-state index contributed by atoms with van der Waals surface area (Å²) in [6, 6.07) is 0. The minimum absolute atomic E-state index is 0.272. The second-order valence-corrected chi connectivity index (χ2v) is 3.66. The molecule has 3 nitrogen and oxygen atoms in total. The Balaban J connectivity index is 2.64. The van der Waals surface area contributed by atoms with Crippen LogP contribution in [0.4, 0.5) is 0 Å². The summed E-state index contributed by atoms with van der Waals surface area (Å²) in [5, 5.41) is 0. The molecule has 1 aliphatic rings. The molecule has 0 radical (unpaired) electrons. The van der Waals surface area contributed by atoms with E-state index in [2.05, 4.69) is 13.8 Å². The summed E-state index contributed by atoms with van der Waals surface area (Å²) in [7, 11) is 0. The van der Waals surface area contributed by atoms with Crippen molar-refractivity contribution in [1.29, 1.82) is 0 Å². The van der Waals surface area contributed by atoms with Gasteiger partial charge in [0.25, 0.3) is 0 Å². The fraction of sp³-hybridized carbons (Fsp3) is 1.00. The molecule has 1 saturated heterocycles. The molecule has 0 bridgehead atoms. The third kappa shape index (κ3) is 1.63. The number of nitrogens with two attached hydrogens (primary N) is 1. The largest absolute Gasteiger partial charge is 0.347 e. The number of ether oxygens (including phenoxy) is 2. The van der Waals surface area contributed by atoms with Crippen LogP contribution in [0.25, 0.3) is 0 Å². The summed E-state index contributed by atoms with van der Waals surface area (Å²) in [6.07, 6.45) is 1.78. The molecule has 0 spiro atoms. The summed E-state index contributed by atoms with van der Waals surface area (Å²) in [5.74, 6) is -0.367. The van der Waals surface area contributed by atoms with E-state index in [9.17, 15) is 0 Å². The monoisotopic (exact) mass is 173 g/mol. The van der Waals surface area contributed by atoms with E-state index in [1.54, 1.807) is 0 Å². The second kappa shape index (κ2) is 3.32. The highest BCUT2D eigenvalue weighted by molar-refractivity contribution is 4.87. The molecule has 12 heavy (non-hydrogen) atoms. The topological polar surface area (TPSA) is 44.5 Å². The molecule has 0 aromatic carbocycles. The van der Waals surface area contributed by atoms with E-state index in [0.717, 1.165) is 12.8 Å². The van der Waals surface area contributed by atoms with Crippen LogP contribution < -0.4 is 5.73 Å². The van der Waals surface area contributed by atoms with Crippen LogP contribution >= 0.6 is 0 Å². The molecule has 0 aliphatic carbocycles. The molecule has 0 amide bonds. The quantitative estimate of drug-likeness (QED) is 0.699. The Hall–Kier alpha value is -0.120. The number of hydrogen-bond acceptors (Lipinski definition) is 3. The predicted molar refractivity (Wildman–Crippen MR) is 47.8 cm³/mol. The zero-order chi connectivity index (χ0) is 9.24. The van der Waals surface area contributed by atoms with Crippen molar-refractivity contribution in [2.45, 2.75) is 45.0 Å². The van der Waals surface area contributed by atoms with Crippen molar-refractivity contribution in [3.63, 3.8) is 0 Å². The normalized spacial score (nSPS) is 34.0. The van der Waals surface area contributed by atoms with Crippen molar-refractivity contribution in [2.75, 3.05) is 13.2 Å². The molecule has 2 N–H and O–H groups in total. The Morgan fingerprint density at radius 1 is 1.33 bits per heavy atom. The van der Waals surface area contributed by atoms with E-state index in [-0.39, 0.29) is 11.4 Å². The standard InChI is InChI=1S/C9H19NO2/c1-4-9(5-2)11-7-8(3,6-10)12-9/h4-7,10H2,1-3H3/t8-/m1/s1. The molecular weight excluding hydrogens is 154 g/mol. The lowest BCUT2D eigenvalue weighted by atomic mass is 10.1. The smallest absolute Gasteiger partial charge is 0.168 e. The van der Waals surface area contributed by atoms with Gasteiger partial charge in [-0.3, -0.25) is 0 Å². The van der Waals surface area contributed by atoms with Gasteiger partial charge in [0.2, 0.25) is 0 Å². The highest BCUT2D eigenvalue weighted by Crippen LogP contribution is 2.35. The summed E-state index contributed by atoms with van der Waals surface area (Å²) < 4.78 is 11.5. The van der Waals surface area contributed by atoms with Crippen molar-refractivity contribution < 1.29 is 9.47 Å². The van der Waals surface area contributed by atoms with E-state index in [1.165, 1.54) is 0 Å². The van der Waals surface area contributed by atoms with Crippen molar-refractivity contribution in [3.05, 3.63) is 0 Å². The van der Waals surface area contributed by atoms with Crippen molar-refractivity contribution in [2.24, 2.45) is 5.73 Å².